The third-order valence-corrected chi connectivity index (χ3v) is 9.49. The van der Waals surface area contributed by atoms with Crippen molar-refractivity contribution < 1.29 is 0 Å². The smallest absolute Gasteiger partial charge is 0.0843 e. The third-order valence-electron chi connectivity index (χ3n) is 4.66. The molecule has 0 fully saturated rings. The molecule has 0 saturated heterocycles. The Kier molecular flexibility index (Phi) is 9.73. The predicted molar refractivity (Wildman–Crippen MR) is 106 cm³/mol. The third kappa shape index (κ3) is 6.66. The summed E-state index contributed by atoms with van der Waals surface area (Å²) >= 11 is 0. The van der Waals surface area contributed by atoms with Gasteiger partial charge in [-0.2, -0.15) is 0 Å². The van der Waals surface area contributed by atoms with Gasteiger partial charge in [-0.15, -0.1) is 0 Å². The molecule has 1 heteroatoms. The summed E-state index contributed by atoms with van der Waals surface area (Å²) < 4.78 is 0. The Hall–Kier alpha value is -0.610. The lowest BCUT2D eigenvalue weighted by Gasteiger charge is -2.28. The molecule has 0 heterocycles. The SMILES string of the molecule is C=Cc1cccc(C[P+](CCCC)(CCCC)CCCC)c1. The van der Waals surface area contributed by atoms with E-state index < -0.39 is 7.26 Å². The zero-order valence-electron chi connectivity index (χ0n) is 15.1. The topological polar surface area (TPSA) is 0 Å². The molecule has 1 aromatic rings. The summed E-state index contributed by atoms with van der Waals surface area (Å²) in [5, 5.41) is 0. The van der Waals surface area contributed by atoms with Crippen LogP contribution in [0.3, 0.4) is 0 Å². The van der Waals surface area contributed by atoms with Crippen LogP contribution in [0.2, 0.25) is 0 Å². The minimum absolute atomic E-state index is 0.832. The van der Waals surface area contributed by atoms with Crippen LogP contribution in [0, 0.1) is 0 Å². The molecule has 0 atom stereocenters. The zero-order chi connectivity index (χ0) is 16.3. The average molecular weight is 319 g/mol. The maximum atomic E-state index is 3.93. The Balaban J connectivity index is 2.94. The first-order valence-corrected chi connectivity index (χ1v) is 11.8. The summed E-state index contributed by atoms with van der Waals surface area (Å²) in [4.78, 5) is 0. The lowest BCUT2D eigenvalue weighted by Crippen LogP contribution is -2.11. The van der Waals surface area contributed by atoms with Crippen LogP contribution in [0.15, 0.2) is 30.8 Å². The first-order valence-electron chi connectivity index (χ1n) is 9.26. The van der Waals surface area contributed by atoms with Crippen molar-refractivity contribution in [1.29, 1.82) is 0 Å². The summed E-state index contributed by atoms with van der Waals surface area (Å²) in [6, 6.07) is 9.08. The molecule has 0 aliphatic carbocycles. The fourth-order valence-corrected chi connectivity index (χ4v) is 8.34. The van der Waals surface area contributed by atoms with Gasteiger partial charge in [0.1, 0.15) is 0 Å². The Morgan fingerprint density at radius 3 is 1.91 bits per heavy atom. The van der Waals surface area contributed by atoms with Crippen molar-refractivity contribution in [2.75, 3.05) is 18.5 Å². The molecular formula is C21H36P+. The van der Waals surface area contributed by atoms with Gasteiger partial charge in [-0.25, -0.2) is 0 Å². The number of unbranched alkanes of at least 4 members (excludes halogenated alkanes) is 3. The number of rotatable bonds is 12. The van der Waals surface area contributed by atoms with E-state index >= 15 is 0 Å². The van der Waals surface area contributed by atoms with E-state index in [-0.39, 0.29) is 0 Å². The summed E-state index contributed by atoms with van der Waals surface area (Å²) in [6.45, 7) is 10.9. The largest absolute Gasteiger partial charge is 0.0985 e. The molecule has 0 N–H and O–H groups in total. The maximum Gasteiger partial charge on any atom is 0.0843 e. The van der Waals surface area contributed by atoms with Gasteiger partial charge < -0.3 is 0 Å². The molecular weight excluding hydrogens is 283 g/mol. The molecule has 0 aromatic heterocycles. The molecule has 0 saturated carbocycles. The predicted octanol–water partition coefficient (Wildman–Crippen LogP) is 7.25. The van der Waals surface area contributed by atoms with Crippen LogP contribution in [0.25, 0.3) is 6.08 Å². The highest BCUT2D eigenvalue weighted by molar-refractivity contribution is 7.75. The van der Waals surface area contributed by atoms with E-state index in [0.29, 0.717) is 0 Å². The van der Waals surface area contributed by atoms with Crippen molar-refractivity contribution in [2.45, 2.75) is 65.5 Å². The minimum atomic E-state index is -0.832. The highest BCUT2D eigenvalue weighted by Gasteiger charge is 2.35. The summed E-state index contributed by atoms with van der Waals surface area (Å²) in [5.74, 6) is 0. The summed E-state index contributed by atoms with van der Waals surface area (Å²) in [6.07, 6.45) is 16.1. The first-order chi connectivity index (χ1) is 10.7. The standard InChI is InChI=1S/C21H36P/c1-5-9-15-22(16-10-6-2,17-11-7-3)19-21-14-12-13-20(8-4)18-21/h8,12-14,18H,4-7,9-11,15-17,19H2,1-3H3/q+1. The van der Waals surface area contributed by atoms with Crippen LogP contribution in [0.5, 0.6) is 0 Å². The van der Waals surface area contributed by atoms with Crippen molar-refractivity contribution in [1.82, 2.24) is 0 Å². The second-order valence-electron chi connectivity index (χ2n) is 6.68. The van der Waals surface area contributed by atoms with Crippen LogP contribution in [-0.2, 0) is 6.16 Å². The van der Waals surface area contributed by atoms with Gasteiger partial charge in [-0.05, 0) is 36.5 Å². The van der Waals surface area contributed by atoms with E-state index in [1.165, 1.54) is 68.7 Å². The molecule has 1 aromatic carbocycles. The van der Waals surface area contributed by atoms with Gasteiger partial charge in [0.05, 0.1) is 24.6 Å². The Labute approximate surface area is 139 Å². The van der Waals surface area contributed by atoms with E-state index in [1.54, 1.807) is 5.56 Å². The van der Waals surface area contributed by atoms with E-state index in [2.05, 4.69) is 51.6 Å². The van der Waals surface area contributed by atoms with Crippen LogP contribution in [-0.4, -0.2) is 18.5 Å². The molecule has 22 heavy (non-hydrogen) atoms. The summed E-state index contributed by atoms with van der Waals surface area (Å²) in [7, 11) is -0.832. The second-order valence-corrected chi connectivity index (χ2v) is 11.0. The van der Waals surface area contributed by atoms with E-state index in [9.17, 15) is 0 Å². The maximum absolute atomic E-state index is 3.93. The molecule has 0 amide bonds. The fraction of sp³-hybridized carbons (Fsp3) is 0.619. The van der Waals surface area contributed by atoms with E-state index in [4.69, 9.17) is 0 Å². The highest BCUT2D eigenvalue weighted by Crippen LogP contribution is 2.63. The van der Waals surface area contributed by atoms with Crippen LogP contribution >= 0.6 is 7.26 Å². The Bertz CT molecular complexity index is 400. The number of benzene rings is 1. The van der Waals surface area contributed by atoms with E-state index in [0.717, 1.165) is 0 Å². The van der Waals surface area contributed by atoms with Crippen molar-refractivity contribution in [3.8, 4) is 0 Å². The normalized spacial score (nSPS) is 11.6. The molecule has 1 rings (SSSR count). The van der Waals surface area contributed by atoms with Gasteiger partial charge in [0, 0.05) is 7.26 Å². The van der Waals surface area contributed by atoms with Gasteiger partial charge >= 0.3 is 0 Å². The minimum Gasteiger partial charge on any atom is -0.0985 e. The molecule has 124 valence electrons. The van der Waals surface area contributed by atoms with Crippen LogP contribution in [0.1, 0.15) is 70.4 Å². The van der Waals surface area contributed by atoms with Crippen molar-refractivity contribution in [3.05, 3.63) is 42.0 Å². The number of hydrogen-bond donors (Lipinski definition) is 0. The molecule has 0 aliphatic rings. The molecule has 0 aliphatic heterocycles. The van der Waals surface area contributed by atoms with Gasteiger partial charge in [0.2, 0.25) is 0 Å². The monoisotopic (exact) mass is 319 g/mol. The van der Waals surface area contributed by atoms with Crippen molar-refractivity contribution in [3.63, 3.8) is 0 Å². The quantitative estimate of drug-likeness (QED) is 0.356. The fourth-order valence-electron chi connectivity index (χ4n) is 3.26. The Morgan fingerprint density at radius 2 is 1.45 bits per heavy atom. The molecule has 0 radical (unpaired) electrons. The van der Waals surface area contributed by atoms with Gasteiger partial charge in [-0.3, -0.25) is 0 Å². The second kappa shape index (κ2) is 11.0. The van der Waals surface area contributed by atoms with E-state index in [1.807, 2.05) is 6.08 Å². The van der Waals surface area contributed by atoms with Gasteiger partial charge in [0.25, 0.3) is 0 Å². The van der Waals surface area contributed by atoms with Crippen LogP contribution < -0.4 is 0 Å². The molecule has 0 nitrogen and oxygen atoms in total. The van der Waals surface area contributed by atoms with Crippen molar-refractivity contribution >= 4 is 13.3 Å². The lowest BCUT2D eigenvalue weighted by molar-refractivity contribution is 0.832. The average Bonchev–Trinajstić information content (AvgIpc) is 2.56. The zero-order valence-corrected chi connectivity index (χ0v) is 16.0. The van der Waals surface area contributed by atoms with Gasteiger partial charge in [-0.1, -0.05) is 70.9 Å². The molecule has 0 spiro atoms. The van der Waals surface area contributed by atoms with Crippen LogP contribution in [0.4, 0.5) is 0 Å². The summed E-state index contributed by atoms with van der Waals surface area (Å²) in [5.41, 5.74) is 2.83. The first kappa shape index (κ1) is 19.4. The lowest BCUT2D eigenvalue weighted by atomic mass is 10.1. The van der Waals surface area contributed by atoms with Gasteiger partial charge in [0.15, 0.2) is 0 Å². The van der Waals surface area contributed by atoms with Crippen molar-refractivity contribution in [2.24, 2.45) is 0 Å². The highest BCUT2D eigenvalue weighted by atomic mass is 31.2. The molecule has 0 unspecified atom stereocenters. The Morgan fingerprint density at radius 1 is 0.909 bits per heavy atom. The molecule has 0 bridgehead atoms. The number of hydrogen-bond acceptors (Lipinski definition) is 0.